The number of alkyl halides is 1. The zero-order valence-corrected chi connectivity index (χ0v) is 14.2. The van der Waals surface area contributed by atoms with Gasteiger partial charge in [-0.1, -0.05) is 37.8 Å². The lowest BCUT2D eigenvalue weighted by Gasteiger charge is -2.26. The predicted molar refractivity (Wildman–Crippen MR) is 90.3 cm³/mol. The van der Waals surface area contributed by atoms with Gasteiger partial charge in [0.2, 0.25) is 0 Å². The summed E-state index contributed by atoms with van der Waals surface area (Å²) in [6.07, 6.45) is 6.43. The summed E-state index contributed by atoms with van der Waals surface area (Å²) >= 11 is 12.6. The molecule has 1 saturated carbocycles. The summed E-state index contributed by atoms with van der Waals surface area (Å²) in [5.41, 5.74) is 2.13. The van der Waals surface area contributed by atoms with Crippen LogP contribution >= 0.6 is 23.2 Å². The van der Waals surface area contributed by atoms with E-state index in [9.17, 15) is 0 Å². The van der Waals surface area contributed by atoms with Gasteiger partial charge in [-0.25, -0.2) is 4.98 Å². The molecule has 4 heteroatoms. The summed E-state index contributed by atoms with van der Waals surface area (Å²) in [7, 11) is 0. The number of hydrogen-bond acceptors (Lipinski definition) is 1. The van der Waals surface area contributed by atoms with Crippen LogP contribution in [0, 0.1) is 5.92 Å². The van der Waals surface area contributed by atoms with Crippen molar-refractivity contribution in [3.63, 3.8) is 0 Å². The van der Waals surface area contributed by atoms with Crippen LogP contribution in [-0.2, 0) is 0 Å². The Kier molecular flexibility index (Phi) is 4.46. The van der Waals surface area contributed by atoms with E-state index in [4.69, 9.17) is 28.2 Å². The number of hydrogen-bond donors (Lipinski definition) is 0. The van der Waals surface area contributed by atoms with Gasteiger partial charge in [0.15, 0.2) is 0 Å². The normalized spacial score (nSPS) is 25.0. The van der Waals surface area contributed by atoms with Crippen molar-refractivity contribution < 1.29 is 0 Å². The number of benzene rings is 1. The quantitative estimate of drug-likeness (QED) is 0.479. The lowest BCUT2D eigenvalue weighted by Crippen LogP contribution is -2.18. The number of rotatable bonds is 2. The highest BCUT2D eigenvalue weighted by Crippen LogP contribution is 2.38. The molecule has 1 aromatic heterocycles. The van der Waals surface area contributed by atoms with Crippen molar-refractivity contribution in [2.24, 2.45) is 5.92 Å². The van der Waals surface area contributed by atoms with E-state index in [1.165, 1.54) is 32.1 Å². The Morgan fingerprint density at radius 2 is 2.00 bits per heavy atom. The van der Waals surface area contributed by atoms with Crippen LogP contribution in [0.3, 0.4) is 0 Å². The molecule has 0 radical (unpaired) electrons. The van der Waals surface area contributed by atoms with Crippen LogP contribution in [0.5, 0.6) is 0 Å². The molecule has 1 aromatic carbocycles. The highest BCUT2D eigenvalue weighted by atomic mass is 35.5. The maximum atomic E-state index is 6.41. The first kappa shape index (κ1) is 15.2. The molecule has 114 valence electrons. The Hall–Kier alpha value is -0.730. The summed E-state index contributed by atoms with van der Waals surface area (Å²) < 4.78 is 2.37. The molecule has 0 amide bonds. The molecule has 0 spiro atoms. The Labute approximate surface area is 136 Å². The molecule has 0 bridgehead atoms. The first-order valence-corrected chi connectivity index (χ1v) is 8.71. The van der Waals surface area contributed by atoms with E-state index >= 15 is 0 Å². The Balaban J connectivity index is 2.17. The monoisotopic (exact) mass is 324 g/mol. The van der Waals surface area contributed by atoms with Crippen LogP contribution in [0.2, 0.25) is 5.02 Å². The fourth-order valence-electron chi connectivity index (χ4n) is 3.57. The molecule has 0 N–H and O–H groups in total. The van der Waals surface area contributed by atoms with E-state index in [-0.39, 0.29) is 5.38 Å². The van der Waals surface area contributed by atoms with Crippen LogP contribution in [0.4, 0.5) is 0 Å². The summed E-state index contributed by atoms with van der Waals surface area (Å²) in [5, 5.41) is 0.672. The van der Waals surface area contributed by atoms with Gasteiger partial charge in [-0.3, -0.25) is 0 Å². The van der Waals surface area contributed by atoms with Crippen molar-refractivity contribution in [1.29, 1.82) is 0 Å². The third kappa shape index (κ3) is 2.93. The largest absolute Gasteiger partial charge is 0.323 e. The molecule has 1 aliphatic carbocycles. The van der Waals surface area contributed by atoms with Gasteiger partial charge >= 0.3 is 0 Å². The van der Waals surface area contributed by atoms with Gasteiger partial charge in [0.05, 0.1) is 16.4 Å². The first-order chi connectivity index (χ1) is 10.1. The van der Waals surface area contributed by atoms with Crippen LogP contribution in [-0.4, -0.2) is 9.55 Å². The second kappa shape index (κ2) is 6.18. The van der Waals surface area contributed by atoms with E-state index in [1.807, 2.05) is 25.1 Å². The number of halogens is 2. The van der Waals surface area contributed by atoms with E-state index in [0.29, 0.717) is 12.0 Å². The van der Waals surface area contributed by atoms with E-state index in [1.54, 1.807) is 0 Å². The molecule has 3 rings (SSSR count). The lowest BCUT2D eigenvalue weighted by atomic mass is 9.96. The van der Waals surface area contributed by atoms with E-state index in [0.717, 1.165) is 21.9 Å². The molecule has 1 aliphatic rings. The van der Waals surface area contributed by atoms with Crippen molar-refractivity contribution in [2.45, 2.75) is 57.4 Å². The second-order valence-electron chi connectivity index (χ2n) is 6.27. The Morgan fingerprint density at radius 1 is 1.24 bits per heavy atom. The van der Waals surface area contributed by atoms with Gasteiger partial charge in [0.25, 0.3) is 0 Å². The maximum absolute atomic E-state index is 6.41. The fourth-order valence-corrected chi connectivity index (χ4v) is 3.89. The van der Waals surface area contributed by atoms with Crippen LogP contribution < -0.4 is 0 Å². The van der Waals surface area contributed by atoms with Gasteiger partial charge in [-0.2, -0.15) is 0 Å². The minimum absolute atomic E-state index is 0.0911. The number of aromatic nitrogens is 2. The topological polar surface area (TPSA) is 17.8 Å². The molecular weight excluding hydrogens is 303 g/mol. The van der Waals surface area contributed by atoms with Crippen molar-refractivity contribution in [3.8, 4) is 0 Å². The minimum Gasteiger partial charge on any atom is -0.323 e. The Morgan fingerprint density at radius 3 is 2.76 bits per heavy atom. The van der Waals surface area contributed by atoms with Crippen LogP contribution in [0.1, 0.15) is 63.2 Å². The SMILES string of the molecule is CC(Cl)c1nc2ccc(Cl)cc2n1C1CCCCCC1C. The van der Waals surface area contributed by atoms with Gasteiger partial charge in [0, 0.05) is 11.1 Å². The molecule has 21 heavy (non-hydrogen) atoms. The molecule has 1 fully saturated rings. The lowest BCUT2D eigenvalue weighted by molar-refractivity contribution is 0.333. The van der Waals surface area contributed by atoms with Crippen molar-refractivity contribution in [1.82, 2.24) is 9.55 Å². The van der Waals surface area contributed by atoms with Crippen LogP contribution in [0.15, 0.2) is 18.2 Å². The summed E-state index contributed by atoms with van der Waals surface area (Å²) in [6, 6.07) is 6.41. The average molecular weight is 325 g/mol. The number of imidazole rings is 1. The number of nitrogens with zero attached hydrogens (tertiary/aromatic N) is 2. The molecule has 0 aliphatic heterocycles. The van der Waals surface area contributed by atoms with Crippen LogP contribution in [0.25, 0.3) is 11.0 Å². The summed E-state index contributed by atoms with van der Waals surface area (Å²) in [5.74, 6) is 1.63. The third-order valence-electron chi connectivity index (χ3n) is 4.68. The molecule has 0 saturated heterocycles. The van der Waals surface area contributed by atoms with Gasteiger partial charge in [0.1, 0.15) is 5.82 Å². The van der Waals surface area contributed by atoms with E-state index in [2.05, 4.69) is 11.5 Å². The molecule has 1 heterocycles. The van der Waals surface area contributed by atoms with Gasteiger partial charge in [-0.15, -0.1) is 11.6 Å². The highest BCUT2D eigenvalue weighted by molar-refractivity contribution is 6.31. The van der Waals surface area contributed by atoms with E-state index < -0.39 is 0 Å². The molecule has 2 aromatic rings. The van der Waals surface area contributed by atoms with Crippen molar-refractivity contribution in [3.05, 3.63) is 29.0 Å². The average Bonchev–Trinajstić information content (AvgIpc) is 2.68. The Bertz CT molecular complexity index is 633. The minimum atomic E-state index is -0.0911. The maximum Gasteiger partial charge on any atom is 0.127 e. The molecular formula is C17H22Cl2N2. The molecule has 3 unspecified atom stereocenters. The predicted octanol–water partition coefficient (Wildman–Crippen LogP) is 6.13. The zero-order chi connectivity index (χ0) is 15.0. The third-order valence-corrected chi connectivity index (χ3v) is 5.11. The molecule has 3 atom stereocenters. The molecule has 2 nitrogen and oxygen atoms in total. The zero-order valence-electron chi connectivity index (χ0n) is 12.6. The van der Waals surface area contributed by atoms with Gasteiger partial charge in [-0.05, 0) is 43.9 Å². The summed E-state index contributed by atoms with van der Waals surface area (Å²) in [6.45, 7) is 4.36. The summed E-state index contributed by atoms with van der Waals surface area (Å²) in [4.78, 5) is 4.77. The highest BCUT2D eigenvalue weighted by Gasteiger charge is 2.27. The van der Waals surface area contributed by atoms with Gasteiger partial charge < -0.3 is 4.57 Å². The standard InChI is InChI=1S/C17H22Cl2N2/c1-11-6-4-3-5-7-15(11)21-16-10-13(19)8-9-14(16)20-17(21)12(2)18/h8-12,15H,3-7H2,1-2H3. The first-order valence-electron chi connectivity index (χ1n) is 7.89. The fraction of sp³-hybridized carbons (Fsp3) is 0.588. The smallest absolute Gasteiger partial charge is 0.127 e. The second-order valence-corrected chi connectivity index (χ2v) is 7.36. The van der Waals surface area contributed by atoms with Crippen molar-refractivity contribution in [2.75, 3.05) is 0 Å². The van der Waals surface area contributed by atoms with Crippen molar-refractivity contribution >= 4 is 34.2 Å². The number of fused-ring (bicyclic) bond motifs is 1.